The fourth-order valence-corrected chi connectivity index (χ4v) is 4.65. The Morgan fingerprint density at radius 3 is 2.77 bits per heavy atom. The van der Waals surface area contributed by atoms with Crippen molar-refractivity contribution >= 4 is 11.5 Å². The number of rotatable bonds is 1. The summed E-state index contributed by atoms with van der Waals surface area (Å²) in [5, 5.41) is 19.5. The molecule has 3 aliphatic rings. The first-order valence-corrected chi connectivity index (χ1v) is 8.12. The zero-order chi connectivity index (χ0) is 15.3. The minimum Gasteiger partial charge on any atom is -0.508 e. The number of carbonyl (C=O) groups is 1. The molecule has 0 saturated heterocycles. The highest BCUT2D eigenvalue weighted by Crippen LogP contribution is 2.51. The van der Waals surface area contributed by atoms with Gasteiger partial charge in [0.25, 0.3) is 0 Å². The van der Waals surface area contributed by atoms with E-state index in [4.69, 9.17) is 0 Å². The lowest BCUT2D eigenvalue weighted by atomic mass is 9.62. The van der Waals surface area contributed by atoms with E-state index >= 15 is 0 Å². The maximum Gasteiger partial charge on any atom is 0.310 e. The van der Waals surface area contributed by atoms with Crippen LogP contribution in [-0.2, 0) is 11.2 Å². The summed E-state index contributed by atoms with van der Waals surface area (Å²) in [7, 11) is 0. The van der Waals surface area contributed by atoms with Crippen LogP contribution < -0.4 is 0 Å². The number of aromatic hydroxyl groups is 1. The Labute approximate surface area is 130 Å². The van der Waals surface area contributed by atoms with Gasteiger partial charge in [-0.2, -0.15) is 0 Å². The van der Waals surface area contributed by atoms with Gasteiger partial charge in [0, 0.05) is 5.56 Å². The van der Waals surface area contributed by atoms with Gasteiger partial charge < -0.3 is 10.2 Å². The Bertz CT molecular complexity index is 699. The molecule has 3 heteroatoms. The molecule has 0 amide bonds. The van der Waals surface area contributed by atoms with Gasteiger partial charge in [-0.15, -0.1) is 0 Å². The molecule has 1 aromatic carbocycles. The number of hydrogen-bond acceptors (Lipinski definition) is 2. The minimum absolute atomic E-state index is 0.304. The van der Waals surface area contributed by atoms with Crippen LogP contribution in [0.3, 0.4) is 0 Å². The van der Waals surface area contributed by atoms with Crippen LogP contribution in [0.25, 0.3) is 5.57 Å². The number of carboxylic acid groups (broad SMARTS) is 1. The fraction of sp³-hybridized carbons (Fsp3) is 0.421. The maximum atomic E-state index is 11.5. The van der Waals surface area contributed by atoms with Crippen molar-refractivity contribution in [1.82, 2.24) is 0 Å². The average molecular weight is 296 g/mol. The van der Waals surface area contributed by atoms with E-state index in [-0.39, 0.29) is 5.92 Å². The molecule has 2 N–H and O–H groups in total. The number of carboxylic acids is 1. The Balaban J connectivity index is 1.80. The average Bonchev–Trinajstić information content (AvgIpc) is 2.53. The lowest BCUT2D eigenvalue weighted by Gasteiger charge is -2.42. The molecule has 114 valence electrons. The third-order valence-electron chi connectivity index (χ3n) is 5.64. The van der Waals surface area contributed by atoms with E-state index in [9.17, 15) is 15.0 Å². The van der Waals surface area contributed by atoms with Crippen molar-refractivity contribution in [2.45, 2.75) is 32.1 Å². The Hall–Kier alpha value is -2.03. The van der Waals surface area contributed by atoms with Crippen LogP contribution in [-0.4, -0.2) is 16.2 Å². The third kappa shape index (κ3) is 1.92. The summed E-state index contributed by atoms with van der Waals surface area (Å²) in [4.78, 5) is 11.5. The Morgan fingerprint density at radius 2 is 1.95 bits per heavy atom. The van der Waals surface area contributed by atoms with Crippen LogP contribution in [0.2, 0.25) is 0 Å². The molecular weight excluding hydrogens is 276 g/mol. The summed E-state index contributed by atoms with van der Waals surface area (Å²) in [5.41, 5.74) is 4.62. The molecule has 3 nitrogen and oxygen atoms in total. The molecule has 1 fully saturated rings. The summed E-state index contributed by atoms with van der Waals surface area (Å²) in [6.45, 7) is 0. The van der Waals surface area contributed by atoms with Crippen LogP contribution >= 0.6 is 0 Å². The molecule has 3 aliphatic carbocycles. The van der Waals surface area contributed by atoms with E-state index in [1.807, 2.05) is 12.1 Å². The second-order valence-electron chi connectivity index (χ2n) is 6.67. The molecule has 3 unspecified atom stereocenters. The Kier molecular flexibility index (Phi) is 3.10. The number of benzene rings is 1. The molecule has 0 radical (unpaired) electrons. The molecule has 4 rings (SSSR count). The minimum atomic E-state index is -0.679. The lowest BCUT2D eigenvalue weighted by molar-refractivity contribution is -0.141. The molecule has 22 heavy (non-hydrogen) atoms. The largest absolute Gasteiger partial charge is 0.508 e. The molecule has 0 aromatic heterocycles. The zero-order valence-corrected chi connectivity index (χ0v) is 12.5. The van der Waals surface area contributed by atoms with Crippen LogP contribution in [0.5, 0.6) is 5.75 Å². The third-order valence-corrected chi connectivity index (χ3v) is 5.64. The zero-order valence-electron chi connectivity index (χ0n) is 12.5. The number of allylic oxidation sites excluding steroid dienone is 3. The molecule has 0 aliphatic heterocycles. The quantitative estimate of drug-likeness (QED) is 0.829. The van der Waals surface area contributed by atoms with Crippen LogP contribution in [0.4, 0.5) is 0 Å². The van der Waals surface area contributed by atoms with Gasteiger partial charge in [-0.3, -0.25) is 4.79 Å². The number of aliphatic carboxylic acids is 1. The monoisotopic (exact) mass is 296 g/mol. The number of phenols is 1. The van der Waals surface area contributed by atoms with E-state index < -0.39 is 5.97 Å². The SMILES string of the molecule is O=C(O)C1CCCC2C1=CC=C1c3cccc(O)c3CCC12. The predicted octanol–water partition coefficient (Wildman–Crippen LogP) is 3.78. The lowest BCUT2D eigenvalue weighted by Crippen LogP contribution is -2.33. The number of phenolic OH excluding ortho intramolecular Hbond substituents is 1. The van der Waals surface area contributed by atoms with Gasteiger partial charge in [0.2, 0.25) is 0 Å². The fourth-order valence-electron chi connectivity index (χ4n) is 4.65. The van der Waals surface area contributed by atoms with Crippen molar-refractivity contribution in [3.05, 3.63) is 47.1 Å². The topological polar surface area (TPSA) is 57.5 Å². The highest BCUT2D eigenvalue weighted by molar-refractivity contribution is 5.79. The molecule has 0 bridgehead atoms. The van der Waals surface area contributed by atoms with E-state index in [0.29, 0.717) is 17.6 Å². The van der Waals surface area contributed by atoms with Gasteiger partial charge in [-0.1, -0.05) is 36.3 Å². The van der Waals surface area contributed by atoms with Crippen molar-refractivity contribution in [3.63, 3.8) is 0 Å². The molecule has 0 heterocycles. The molecule has 0 spiro atoms. The smallest absolute Gasteiger partial charge is 0.310 e. The van der Waals surface area contributed by atoms with E-state index in [2.05, 4.69) is 12.1 Å². The van der Waals surface area contributed by atoms with E-state index in [0.717, 1.165) is 48.8 Å². The van der Waals surface area contributed by atoms with Crippen molar-refractivity contribution in [3.8, 4) is 5.75 Å². The van der Waals surface area contributed by atoms with Gasteiger partial charge in [0.1, 0.15) is 5.75 Å². The van der Waals surface area contributed by atoms with Crippen molar-refractivity contribution in [1.29, 1.82) is 0 Å². The summed E-state index contributed by atoms with van der Waals surface area (Å²) < 4.78 is 0. The first-order chi connectivity index (χ1) is 10.7. The predicted molar refractivity (Wildman–Crippen MR) is 84.4 cm³/mol. The summed E-state index contributed by atoms with van der Waals surface area (Å²) in [5.74, 6) is 0.184. The van der Waals surface area contributed by atoms with Gasteiger partial charge in [-0.25, -0.2) is 0 Å². The molecule has 1 aromatic rings. The molecule has 1 saturated carbocycles. The number of fused-ring (bicyclic) bond motifs is 5. The van der Waals surface area contributed by atoms with Crippen LogP contribution in [0.1, 0.15) is 36.8 Å². The van der Waals surface area contributed by atoms with Crippen LogP contribution in [0.15, 0.2) is 35.9 Å². The van der Waals surface area contributed by atoms with Gasteiger partial charge in [0.15, 0.2) is 0 Å². The number of hydrogen-bond donors (Lipinski definition) is 2. The standard InChI is InChI=1S/C19H20O3/c20-18-6-2-4-12-14-7-8-15-11(13(14)9-10-16(12)18)3-1-5-17(15)19(21)22/h2,4,6-8,11,13,17,20H,1,3,5,9-10H2,(H,21,22). The van der Waals surface area contributed by atoms with Crippen LogP contribution in [0, 0.1) is 17.8 Å². The summed E-state index contributed by atoms with van der Waals surface area (Å²) in [6.07, 6.45) is 8.89. The van der Waals surface area contributed by atoms with Gasteiger partial charge >= 0.3 is 5.97 Å². The van der Waals surface area contributed by atoms with Crippen molar-refractivity contribution in [2.75, 3.05) is 0 Å². The highest BCUT2D eigenvalue weighted by Gasteiger charge is 2.41. The van der Waals surface area contributed by atoms with Crippen molar-refractivity contribution in [2.24, 2.45) is 17.8 Å². The second-order valence-corrected chi connectivity index (χ2v) is 6.67. The maximum absolute atomic E-state index is 11.5. The van der Waals surface area contributed by atoms with E-state index in [1.165, 1.54) is 5.57 Å². The second kappa shape index (κ2) is 5.01. The normalized spacial score (nSPS) is 29.5. The first-order valence-electron chi connectivity index (χ1n) is 8.12. The van der Waals surface area contributed by atoms with E-state index in [1.54, 1.807) is 6.07 Å². The van der Waals surface area contributed by atoms with Gasteiger partial charge in [0.05, 0.1) is 5.92 Å². The Morgan fingerprint density at radius 1 is 1.09 bits per heavy atom. The first kappa shape index (κ1) is 13.6. The highest BCUT2D eigenvalue weighted by atomic mass is 16.4. The molecule has 3 atom stereocenters. The summed E-state index contributed by atoms with van der Waals surface area (Å²) >= 11 is 0. The van der Waals surface area contributed by atoms with Crippen molar-refractivity contribution < 1.29 is 15.0 Å². The van der Waals surface area contributed by atoms with Gasteiger partial charge in [-0.05, 0) is 54.7 Å². The summed E-state index contributed by atoms with van der Waals surface area (Å²) in [6, 6.07) is 5.74. The molecular formula is C19H20O3.